The number of amides is 1. The van der Waals surface area contributed by atoms with E-state index in [1.54, 1.807) is 0 Å². The van der Waals surface area contributed by atoms with Crippen LogP contribution in [0.1, 0.15) is 29.9 Å². The van der Waals surface area contributed by atoms with Gasteiger partial charge in [0.2, 0.25) is 0 Å². The minimum atomic E-state index is -4.87. The SMILES string of the molecule is CCN(CC)CCn1c(=O)cc(C(=O)NCc2ccccc2OC(F)(F)F)[nH]c1=O. The maximum absolute atomic E-state index is 12.5. The van der Waals surface area contributed by atoms with Gasteiger partial charge in [-0.2, -0.15) is 0 Å². The summed E-state index contributed by atoms with van der Waals surface area (Å²) in [7, 11) is 0. The van der Waals surface area contributed by atoms with Gasteiger partial charge in [-0.1, -0.05) is 32.0 Å². The molecule has 11 heteroatoms. The van der Waals surface area contributed by atoms with Crippen molar-refractivity contribution >= 4 is 5.91 Å². The molecule has 0 bridgehead atoms. The average molecular weight is 428 g/mol. The number of hydrogen-bond donors (Lipinski definition) is 2. The molecule has 2 rings (SSSR count). The number of benzene rings is 1. The summed E-state index contributed by atoms with van der Waals surface area (Å²) < 4.78 is 42.4. The summed E-state index contributed by atoms with van der Waals surface area (Å²) in [6.07, 6.45) is -4.87. The van der Waals surface area contributed by atoms with Crippen molar-refractivity contribution in [1.82, 2.24) is 19.8 Å². The van der Waals surface area contributed by atoms with Crippen LogP contribution < -0.4 is 21.3 Å². The lowest BCUT2D eigenvalue weighted by molar-refractivity contribution is -0.274. The van der Waals surface area contributed by atoms with Gasteiger partial charge in [0.05, 0.1) is 0 Å². The van der Waals surface area contributed by atoms with Crippen LogP contribution in [0.2, 0.25) is 0 Å². The van der Waals surface area contributed by atoms with Gasteiger partial charge in [-0.15, -0.1) is 13.2 Å². The van der Waals surface area contributed by atoms with E-state index in [0.29, 0.717) is 6.54 Å². The first kappa shape index (κ1) is 23.2. The van der Waals surface area contributed by atoms with Crippen LogP contribution >= 0.6 is 0 Å². The lowest BCUT2D eigenvalue weighted by atomic mass is 10.2. The number of aromatic amines is 1. The fraction of sp³-hybridized carbons (Fsp3) is 0.421. The Kier molecular flexibility index (Phi) is 7.81. The molecule has 2 N–H and O–H groups in total. The van der Waals surface area contributed by atoms with E-state index in [1.165, 1.54) is 18.2 Å². The van der Waals surface area contributed by atoms with Gasteiger partial charge in [-0.05, 0) is 19.2 Å². The van der Waals surface area contributed by atoms with Gasteiger partial charge in [0, 0.05) is 31.3 Å². The van der Waals surface area contributed by atoms with Gasteiger partial charge in [0.25, 0.3) is 11.5 Å². The average Bonchev–Trinajstić information content (AvgIpc) is 2.68. The molecule has 0 saturated heterocycles. The second-order valence-corrected chi connectivity index (χ2v) is 6.34. The zero-order valence-electron chi connectivity index (χ0n) is 16.6. The van der Waals surface area contributed by atoms with Gasteiger partial charge >= 0.3 is 12.1 Å². The lowest BCUT2D eigenvalue weighted by Crippen LogP contribution is -2.41. The van der Waals surface area contributed by atoms with E-state index in [-0.39, 0.29) is 24.3 Å². The van der Waals surface area contributed by atoms with E-state index >= 15 is 0 Å². The number of likely N-dealkylation sites (N-methyl/N-ethyl adjacent to an activating group) is 1. The van der Waals surface area contributed by atoms with E-state index < -0.39 is 29.3 Å². The number of halogens is 3. The Bertz CT molecular complexity index is 949. The second kappa shape index (κ2) is 10.1. The maximum Gasteiger partial charge on any atom is 0.573 e. The molecule has 1 aromatic heterocycles. The Morgan fingerprint density at radius 1 is 1.20 bits per heavy atom. The molecular weight excluding hydrogens is 405 g/mol. The third-order valence-electron chi connectivity index (χ3n) is 4.44. The molecule has 0 unspecified atom stereocenters. The number of ether oxygens (including phenoxy) is 1. The zero-order chi connectivity index (χ0) is 22.3. The summed E-state index contributed by atoms with van der Waals surface area (Å²) in [5, 5.41) is 2.37. The number of aromatic nitrogens is 2. The number of nitrogens with one attached hydrogen (secondary N) is 2. The minimum absolute atomic E-state index is 0.0816. The van der Waals surface area contributed by atoms with E-state index in [2.05, 4.69) is 15.0 Å². The van der Waals surface area contributed by atoms with E-state index in [1.807, 2.05) is 18.7 Å². The Labute approximate surface area is 170 Å². The quantitative estimate of drug-likeness (QED) is 0.634. The molecule has 0 aliphatic rings. The number of nitrogens with zero attached hydrogens (tertiary/aromatic N) is 2. The third-order valence-corrected chi connectivity index (χ3v) is 4.44. The van der Waals surface area contributed by atoms with Crippen molar-refractivity contribution in [2.45, 2.75) is 33.3 Å². The maximum atomic E-state index is 12.5. The largest absolute Gasteiger partial charge is 0.573 e. The first-order chi connectivity index (χ1) is 14.1. The van der Waals surface area contributed by atoms with E-state index in [9.17, 15) is 27.6 Å². The molecule has 0 spiro atoms. The molecule has 0 fully saturated rings. The summed E-state index contributed by atoms with van der Waals surface area (Å²) >= 11 is 0. The minimum Gasteiger partial charge on any atom is -0.405 e. The number of carbonyl (C=O) groups excluding carboxylic acids is 1. The first-order valence-electron chi connectivity index (χ1n) is 9.33. The predicted octanol–water partition coefficient (Wildman–Crippen LogP) is 1.71. The molecule has 0 atom stereocenters. The van der Waals surface area contributed by atoms with Crippen molar-refractivity contribution in [2.75, 3.05) is 19.6 Å². The molecule has 0 radical (unpaired) electrons. The highest BCUT2D eigenvalue weighted by atomic mass is 19.4. The van der Waals surface area contributed by atoms with E-state index in [4.69, 9.17) is 0 Å². The summed E-state index contributed by atoms with van der Waals surface area (Å²) in [5.41, 5.74) is -1.58. The van der Waals surface area contributed by atoms with Crippen LogP contribution in [-0.2, 0) is 13.1 Å². The van der Waals surface area contributed by atoms with Crippen molar-refractivity contribution in [3.63, 3.8) is 0 Å². The molecule has 0 aliphatic carbocycles. The molecule has 164 valence electrons. The Hall–Kier alpha value is -3.08. The summed E-state index contributed by atoms with van der Waals surface area (Å²) in [6, 6.07) is 6.31. The molecule has 1 amide bonds. The number of para-hydroxylation sites is 1. The van der Waals surface area contributed by atoms with Crippen LogP contribution in [0.4, 0.5) is 13.2 Å². The van der Waals surface area contributed by atoms with Gasteiger partial charge in [0.15, 0.2) is 0 Å². The number of H-pyrrole nitrogens is 1. The topological polar surface area (TPSA) is 96.4 Å². The van der Waals surface area contributed by atoms with Crippen molar-refractivity contribution < 1.29 is 22.7 Å². The van der Waals surface area contributed by atoms with Gasteiger partial charge in [0.1, 0.15) is 11.4 Å². The van der Waals surface area contributed by atoms with Crippen LogP contribution in [0, 0.1) is 0 Å². The molecule has 2 aromatic rings. The van der Waals surface area contributed by atoms with Crippen molar-refractivity contribution in [3.8, 4) is 5.75 Å². The number of hydrogen-bond acceptors (Lipinski definition) is 5. The Morgan fingerprint density at radius 3 is 2.47 bits per heavy atom. The molecule has 0 aliphatic heterocycles. The summed E-state index contributed by atoms with van der Waals surface area (Å²) in [5.74, 6) is -1.26. The predicted molar refractivity (Wildman–Crippen MR) is 103 cm³/mol. The van der Waals surface area contributed by atoms with Crippen LogP contribution in [0.3, 0.4) is 0 Å². The number of rotatable bonds is 9. The normalized spacial score (nSPS) is 11.5. The molecule has 30 heavy (non-hydrogen) atoms. The summed E-state index contributed by atoms with van der Waals surface area (Å²) in [6.45, 7) is 5.83. The smallest absolute Gasteiger partial charge is 0.405 e. The van der Waals surface area contributed by atoms with Crippen LogP contribution in [0.25, 0.3) is 0 Å². The Balaban J connectivity index is 2.10. The van der Waals surface area contributed by atoms with Gasteiger partial charge in [-0.25, -0.2) is 4.79 Å². The van der Waals surface area contributed by atoms with Crippen molar-refractivity contribution in [3.05, 3.63) is 62.4 Å². The van der Waals surface area contributed by atoms with Crippen LogP contribution in [0.15, 0.2) is 39.9 Å². The fourth-order valence-electron chi connectivity index (χ4n) is 2.78. The van der Waals surface area contributed by atoms with E-state index in [0.717, 1.165) is 29.8 Å². The highest BCUT2D eigenvalue weighted by Crippen LogP contribution is 2.26. The highest BCUT2D eigenvalue weighted by molar-refractivity contribution is 5.92. The van der Waals surface area contributed by atoms with Crippen molar-refractivity contribution in [2.24, 2.45) is 0 Å². The highest BCUT2D eigenvalue weighted by Gasteiger charge is 2.32. The number of carbonyl (C=O) groups is 1. The first-order valence-corrected chi connectivity index (χ1v) is 9.33. The summed E-state index contributed by atoms with van der Waals surface area (Å²) in [4.78, 5) is 41.1. The number of alkyl halides is 3. The zero-order valence-corrected chi connectivity index (χ0v) is 16.6. The Morgan fingerprint density at radius 2 is 1.87 bits per heavy atom. The molecule has 1 heterocycles. The standard InChI is InChI=1S/C19H23F3N4O4/c1-3-25(4-2)9-10-26-16(27)11-14(24-18(26)29)17(28)23-12-13-7-5-6-8-15(13)30-19(20,21)22/h5-8,11H,3-4,9-10,12H2,1-2H3,(H,23,28)(H,24,29). The molecule has 1 aromatic carbocycles. The molecule has 0 saturated carbocycles. The van der Waals surface area contributed by atoms with Gasteiger partial charge < -0.3 is 19.9 Å². The monoisotopic (exact) mass is 428 g/mol. The molecule has 8 nitrogen and oxygen atoms in total. The van der Waals surface area contributed by atoms with Crippen LogP contribution in [-0.4, -0.2) is 46.4 Å². The molecular formula is C19H23F3N4O4. The van der Waals surface area contributed by atoms with Gasteiger partial charge in [-0.3, -0.25) is 14.2 Å². The second-order valence-electron chi connectivity index (χ2n) is 6.34. The van der Waals surface area contributed by atoms with Crippen molar-refractivity contribution in [1.29, 1.82) is 0 Å². The third kappa shape index (κ3) is 6.48. The van der Waals surface area contributed by atoms with Crippen LogP contribution in [0.5, 0.6) is 5.75 Å². The fourth-order valence-corrected chi connectivity index (χ4v) is 2.78. The lowest BCUT2D eigenvalue weighted by Gasteiger charge is -2.18.